The summed E-state index contributed by atoms with van der Waals surface area (Å²) in [4.78, 5) is 39.6. The van der Waals surface area contributed by atoms with Crippen LogP contribution >= 0.6 is 22.7 Å². The molecular formula is C22H17N5O4S2. The molecule has 0 aliphatic rings. The fourth-order valence-corrected chi connectivity index (χ4v) is 4.98. The highest BCUT2D eigenvalue weighted by molar-refractivity contribution is 7.18. The van der Waals surface area contributed by atoms with Crippen molar-refractivity contribution in [3.63, 3.8) is 0 Å². The van der Waals surface area contributed by atoms with Crippen LogP contribution < -0.4 is 5.56 Å². The van der Waals surface area contributed by atoms with Crippen molar-refractivity contribution in [2.45, 2.75) is 19.4 Å². The Hall–Kier alpha value is -3.70. The van der Waals surface area contributed by atoms with Crippen LogP contribution in [-0.4, -0.2) is 37.3 Å². The lowest BCUT2D eigenvalue weighted by Gasteiger charge is -2.06. The van der Waals surface area contributed by atoms with Crippen molar-refractivity contribution in [2.24, 2.45) is 0 Å². The minimum absolute atomic E-state index is 0.173. The summed E-state index contributed by atoms with van der Waals surface area (Å²) in [6.45, 7) is -0.0278. The van der Waals surface area contributed by atoms with Crippen molar-refractivity contribution in [3.8, 4) is 21.8 Å². The van der Waals surface area contributed by atoms with E-state index >= 15 is 0 Å². The van der Waals surface area contributed by atoms with E-state index in [0.717, 1.165) is 16.0 Å². The predicted molar refractivity (Wildman–Crippen MR) is 124 cm³/mol. The summed E-state index contributed by atoms with van der Waals surface area (Å²) in [5, 5.41) is 8.34. The van der Waals surface area contributed by atoms with Crippen molar-refractivity contribution >= 4 is 38.9 Å². The number of carbonyl (C=O) groups is 1. The summed E-state index contributed by atoms with van der Waals surface area (Å²) >= 11 is 2.97. The first-order chi connectivity index (χ1) is 16.2. The van der Waals surface area contributed by atoms with Crippen molar-refractivity contribution in [3.05, 3.63) is 70.0 Å². The average molecular weight is 480 g/mol. The summed E-state index contributed by atoms with van der Waals surface area (Å²) < 4.78 is 11.8. The smallest absolute Gasteiger partial charge is 0.326 e. The molecule has 0 saturated heterocycles. The van der Waals surface area contributed by atoms with Crippen LogP contribution in [0.2, 0.25) is 0 Å². The molecule has 0 bridgehead atoms. The SMILES string of the molecule is O=C(Cn1cnc2scc(-c3cccs3)c2c1=O)OCCCc1nc(-c2cccnc2)no1. The maximum absolute atomic E-state index is 13.0. The molecule has 0 saturated carbocycles. The Morgan fingerprint density at radius 1 is 1.21 bits per heavy atom. The number of esters is 1. The standard InChI is InChI=1S/C22H17N5O4S2/c28-18(30-8-2-6-17-25-20(26-31-17)14-4-1-7-23-10-14)11-27-13-24-21-19(22(27)29)15(12-33-21)16-5-3-9-32-16/h1,3-5,7,9-10,12-13H,2,6,8,11H2. The Morgan fingerprint density at radius 3 is 2.97 bits per heavy atom. The van der Waals surface area contributed by atoms with E-state index in [4.69, 9.17) is 9.26 Å². The second kappa shape index (κ2) is 9.43. The number of ether oxygens (including phenoxy) is 1. The highest BCUT2D eigenvalue weighted by Crippen LogP contribution is 2.33. The fraction of sp³-hybridized carbons (Fsp3) is 0.182. The summed E-state index contributed by atoms with van der Waals surface area (Å²) in [5.74, 6) is 0.412. The molecule has 5 rings (SSSR count). The minimum Gasteiger partial charge on any atom is -0.464 e. The van der Waals surface area contributed by atoms with Gasteiger partial charge in [0, 0.05) is 40.2 Å². The normalized spacial score (nSPS) is 11.2. The van der Waals surface area contributed by atoms with Gasteiger partial charge >= 0.3 is 5.97 Å². The largest absolute Gasteiger partial charge is 0.464 e. The molecule has 0 aromatic carbocycles. The zero-order chi connectivity index (χ0) is 22.6. The first-order valence-corrected chi connectivity index (χ1v) is 11.8. The lowest BCUT2D eigenvalue weighted by atomic mass is 10.2. The first kappa shape index (κ1) is 21.2. The third-order valence-electron chi connectivity index (χ3n) is 4.83. The Labute approximate surface area is 195 Å². The molecule has 0 radical (unpaired) electrons. The predicted octanol–water partition coefficient (Wildman–Crippen LogP) is 3.81. The zero-order valence-corrected chi connectivity index (χ0v) is 18.8. The fourth-order valence-electron chi connectivity index (χ4n) is 3.26. The number of rotatable bonds is 8. The number of carbonyl (C=O) groups excluding carboxylic acids is 1. The van der Waals surface area contributed by atoms with Gasteiger partial charge in [-0.3, -0.25) is 19.1 Å². The number of thiophene rings is 2. The molecule has 0 aliphatic carbocycles. The molecule has 5 aromatic rings. The summed E-state index contributed by atoms with van der Waals surface area (Å²) in [6, 6.07) is 7.53. The van der Waals surface area contributed by atoms with Crippen LogP contribution in [-0.2, 0) is 22.5 Å². The molecule has 11 heteroatoms. The summed E-state index contributed by atoms with van der Waals surface area (Å²) in [6.07, 6.45) is 5.69. The number of fused-ring (bicyclic) bond motifs is 1. The third-order valence-corrected chi connectivity index (χ3v) is 6.62. The van der Waals surface area contributed by atoms with E-state index in [-0.39, 0.29) is 18.7 Å². The number of hydrogen-bond acceptors (Lipinski definition) is 10. The van der Waals surface area contributed by atoms with Gasteiger partial charge in [0.2, 0.25) is 11.7 Å². The Balaban J connectivity index is 1.17. The molecule has 0 spiro atoms. The molecule has 0 fully saturated rings. The topological polar surface area (TPSA) is 113 Å². The van der Waals surface area contributed by atoms with E-state index in [1.54, 1.807) is 29.8 Å². The van der Waals surface area contributed by atoms with Crippen molar-refractivity contribution in [1.82, 2.24) is 24.7 Å². The van der Waals surface area contributed by atoms with Crippen LogP contribution in [0.5, 0.6) is 0 Å². The van der Waals surface area contributed by atoms with E-state index in [9.17, 15) is 9.59 Å². The minimum atomic E-state index is -0.507. The molecule has 0 unspecified atom stereocenters. The maximum Gasteiger partial charge on any atom is 0.326 e. The van der Waals surface area contributed by atoms with E-state index in [0.29, 0.717) is 34.8 Å². The number of aromatic nitrogens is 5. The van der Waals surface area contributed by atoms with Gasteiger partial charge in [-0.1, -0.05) is 11.2 Å². The highest BCUT2D eigenvalue weighted by atomic mass is 32.1. The molecule has 5 aromatic heterocycles. The zero-order valence-electron chi connectivity index (χ0n) is 17.2. The lowest BCUT2D eigenvalue weighted by molar-refractivity contribution is -0.144. The Morgan fingerprint density at radius 2 is 2.15 bits per heavy atom. The summed E-state index contributed by atoms with van der Waals surface area (Å²) in [7, 11) is 0. The molecule has 33 heavy (non-hydrogen) atoms. The van der Waals surface area contributed by atoms with Crippen LogP contribution in [0, 0.1) is 0 Å². The van der Waals surface area contributed by atoms with E-state index < -0.39 is 5.97 Å². The molecule has 0 atom stereocenters. The number of hydrogen-bond donors (Lipinski definition) is 0. The Kier molecular flexibility index (Phi) is 6.05. The van der Waals surface area contributed by atoms with E-state index in [1.807, 2.05) is 29.0 Å². The number of nitrogens with zero attached hydrogens (tertiary/aromatic N) is 5. The molecule has 166 valence electrons. The Bertz CT molecular complexity index is 1440. The van der Waals surface area contributed by atoms with Crippen LogP contribution in [0.15, 0.2) is 63.1 Å². The molecule has 0 aliphatic heterocycles. The maximum atomic E-state index is 13.0. The number of aryl methyl sites for hydroxylation is 1. The van der Waals surface area contributed by atoms with Crippen LogP contribution in [0.1, 0.15) is 12.3 Å². The molecule has 0 amide bonds. The van der Waals surface area contributed by atoms with Gasteiger partial charge in [-0.25, -0.2) is 4.98 Å². The van der Waals surface area contributed by atoms with Crippen molar-refractivity contribution in [2.75, 3.05) is 6.61 Å². The molecular weight excluding hydrogens is 462 g/mol. The first-order valence-electron chi connectivity index (χ1n) is 10.1. The quantitative estimate of drug-likeness (QED) is 0.244. The van der Waals surface area contributed by atoms with E-state index in [1.165, 1.54) is 22.2 Å². The van der Waals surface area contributed by atoms with Gasteiger partial charge in [-0.05, 0) is 30.0 Å². The van der Waals surface area contributed by atoms with Gasteiger partial charge in [0.05, 0.1) is 18.3 Å². The second-order valence-corrected chi connectivity index (χ2v) is 8.87. The van der Waals surface area contributed by atoms with E-state index in [2.05, 4.69) is 20.1 Å². The summed E-state index contributed by atoms with van der Waals surface area (Å²) in [5.41, 5.74) is 1.36. The number of pyridine rings is 1. The highest BCUT2D eigenvalue weighted by Gasteiger charge is 2.16. The van der Waals surface area contributed by atoms with Gasteiger partial charge in [-0.15, -0.1) is 22.7 Å². The van der Waals surface area contributed by atoms with Gasteiger partial charge < -0.3 is 9.26 Å². The van der Waals surface area contributed by atoms with Gasteiger partial charge in [0.1, 0.15) is 11.4 Å². The molecule has 9 nitrogen and oxygen atoms in total. The second-order valence-electron chi connectivity index (χ2n) is 7.06. The monoisotopic (exact) mass is 479 g/mol. The average Bonchev–Trinajstić information content (AvgIpc) is 3.59. The van der Waals surface area contributed by atoms with Gasteiger partial charge in [0.25, 0.3) is 5.56 Å². The lowest BCUT2D eigenvalue weighted by Crippen LogP contribution is -2.25. The molecule has 0 N–H and O–H groups in total. The van der Waals surface area contributed by atoms with Crippen molar-refractivity contribution in [1.29, 1.82) is 0 Å². The van der Waals surface area contributed by atoms with Gasteiger partial charge in [-0.2, -0.15) is 4.98 Å². The third kappa shape index (κ3) is 4.59. The van der Waals surface area contributed by atoms with Crippen LogP contribution in [0.3, 0.4) is 0 Å². The van der Waals surface area contributed by atoms with Gasteiger partial charge in [0.15, 0.2) is 0 Å². The molecule has 5 heterocycles. The van der Waals surface area contributed by atoms with Crippen LogP contribution in [0.25, 0.3) is 32.0 Å². The van der Waals surface area contributed by atoms with Crippen molar-refractivity contribution < 1.29 is 14.1 Å². The van der Waals surface area contributed by atoms with Crippen LogP contribution in [0.4, 0.5) is 0 Å².